The normalized spacial score (nSPS) is 17.3. The Bertz CT molecular complexity index is 743. The minimum Gasteiger partial charge on any atom is -0.432 e. The first-order chi connectivity index (χ1) is 12.7. The molecule has 1 aliphatic carbocycles. The minimum atomic E-state index is -0.999. The first-order valence-electron chi connectivity index (χ1n) is 8.72. The molecule has 1 aliphatic rings. The zero-order valence-electron chi connectivity index (χ0n) is 15.7. The number of carbonyl (C=O) groups is 4. The van der Waals surface area contributed by atoms with E-state index in [0.29, 0.717) is 25.1 Å². The molecule has 1 saturated carbocycles. The van der Waals surface area contributed by atoms with Gasteiger partial charge in [-0.2, -0.15) is 0 Å². The van der Waals surface area contributed by atoms with E-state index in [1.54, 1.807) is 6.92 Å². The Morgan fingerprint density at radius 1 is 1.15 bits per heavy atom. The summed E-state index contributed by atoms with van der Waals surface area (Å²) < 4.78 is 9.54. The van der Waals surface area contributed by atoms with Gasteiger partial charge in [-0.1, -0.05) is 13.8 Å². The molecule has 0 aliphatic heterocycles. The molecule has 1 aromatic rings. The van der Waals surface area contributed by atoms with Crippen molar-refractivity contribution in [2.75, 3.05) is 13.4 Å². The Morgan fingerprint density at radius 2 is 1.74 bits per heavy atom. The molecule has 7 nitrogen and oxygen atoms in total. The highest BCUT2D eigenvalue weighted by Crippen LogP contribution is 2.33. The summed E-state index contributed by atoms with van der Waals surface area (Å²) in [6.45, 7) is 5.63. The maximum Gasteiger partial charge on any atom is 0.381 e. The van der Waals surface area contributed by atoms with Gasteiger partial charge in [-0.25, -0.2) is 4.79 Å². The van der Waals surface area contributed by atoms with Crippen molar-refractivity contribution in [3.63, 3.8) is 0 Å². The van der Waals surface area contributed by atoms with E-state index in [0.717, 1.165) is 0 Å². The Kier molecular flexibility index (Phi) is 6.74. The monoisotopic (exact) mass is 373 g/mol. The van der Waals surface area contributed by atoms with Crippen molar-refractivity contribution in [3.05, 3.63) is 29.8 Å². The molecular weight excluding hydrogens is 350 g/mol. The van der Waals surface area contributed by atoms with Crippen molar-refractivity contribution < 1.29 is 28.7 Å². The van der Waals surface area contributed by atoms with Gasteiger partial charge in [0.2, 0.25) is 0 Å². The Labute approximate surface area is 157 Å². The van der Waals surface area contributed by atoms with Gasteiger partial charge in [-0.15, -0.1) is 0 Å². The van der Waals surface area contributed by atoms with Crippen LogP contribution >= 0.6 is 0 Å². The van der Waals surface area contributed by atoms with E-state index in [2.05, 4.69) is 9.73 Å². The van der Waals surface area contributed by atoms with E-state index in [4.69, 9.17) is 4.74 Å². The number of rotatable bonds is 7. The standard InChI is InChI=1S/C20H23NO6/c1-4-26-12-27-19(25)18(24)13-5-7-14(8-6-13)21-11-15-16(22)9-20(2,3)10-17(15)23/h5-8,11,15H,4,9-10,12H2,1-3H3. The summed E-state index contributed by atoms with van der Waals surface area (Å²) in [6.07, 6.45) is 2.03. The third-order valence-electron chi connectivity index (χ3n) is 4.16. The first kappa shape index (κ1) is 20.6. The highest BCUT2D eigenvalue weighted by molar-refractivity contribution is 6.40. The van der Waals surface area contributed by atoms with Gasteiger partial charge in [-0.3, -0.25) is 19.4 Å². The van der Waals surface area contributed by atoms with Gasteiger partial charge in [-0.05, 0) is 36.6 Å². The van der Waals surface area contributed by atoms with Gasteiger partial charge >= 0.3 is 5.97 Å². The molecule has 1 aromatic carbocycles. The van der Waals surface area contributed by atoms with E-state index >= 15 is 0 Å². The van der Waals surface area contributed by atoms with E-state index in [9.17, 15) is 19.2 Å². The molecule has 2 rings (SSSR count). The van der Waals surface area contributed by atoms with E-state index < -0.39 is 17.7 Å². The summed E-state index contributed by atoms with van der Waals surface area (Å²) in [4.78, 5) is 52.0. The molecule has 27 heavy (non-hydrogen) atoms. The van der Waals surface area contributed by atoms with Crippen LogP contribution in [0.1, 0.15) is 44.0 Å². The maximum absolute atomic E-state index is 12.1. The highest BCUT2D eigenvalue weighted by Gasteiger charge is 2.38. The van der Waals surface area contributed by atoms with Crippen LogP contribution in [0.15, 0.2) is 29.3 Å². The van der Waals surface area contributed by atoms with Gasteiger partial charge in [0.15, 0.2) is 6.79 Å². The predicted octanol–water partition coefficient (Wildman–Crippen LogP) is 2.68. The third kappa shape index (κ3) is 5.65. The third-order valence-corrected chi connectivity index (χ3v) is 4.16. The average Bonchev–Trinajstić information content (AvgIpc) is 2.60. The van der Waals surface area contributed by atoms with Crippen molar-refractivity contribution in [1.29, 1.82) is 0 Å². The zero-order chi connectivity index (χ0) is 20.0. The van der Waals surface area contributed by atoms with Gasteiger partial charge in [0, 0.05) is 31.2 Å². The van der Waals surface area contributed by atoms with Gasteiger partial charge in [0.1, 0.15) is 17.5 Å². The van der Waals surface area contributed by atoms with Crippen LogP contribution in [0.3, 0.4) is 0 Å². The molecule has 0 saturated heterocycles. The summed E-state index contributed by atoms with van der Waals surface area (Å²) in [5.74, 6) is -2.88. The summed E-state index contributed by atoms with van der Waals surface area (Å²) in [6, 6.07) is 5.93. The summed E-state index contributed by atoms with van der Waals surface area (Å²) >= 11 is 0. The van der Waals surface area contributed by atoms with Crippen LogP contribution in [0, 0.1) is 11.3 Å². The molecule has 0 amide bonds. The fraction of sp³-hybridized carbons (Fsp3) is 0.450. The molecule has 0 spiro atoms. The van der Waals surface area contributed by atoms with Crippen molar-refractivity contribution in [1.82, 2.24) is 0 Å². The molecule has 0 atom stereocenters. The number of carbonyl (C=O) groups excluding carboxylic acids is 4. The number of aliphatic imine (C=N–C) groups is 1. The fourth-order valence-corrected chi connectivity index (χ4v) is 2.79. The second kappa shape index (κ2) is 8.81. The molecule has 0 unspecified atom stereocenters. The lowest BCUT2D eigenvalue weighted by molar-refractivity contribution is -0.150. The fourth-order valence-electron chi connectivity index (χ4n) is 2.79. The molecule has 0 aromatic heterocycles. The lowest BCUT2D eigenvalue weighted by Crippen LogP contribution is -2.38. The lowest BCUT2D eigenvalue weighted by atomic mass is 9.72. The van der Waals surface area contributed by atoms with E-state index in [1.807, 2.05) is 13.8 Å². The number of esters is 1. The van der Waals surface area contributed by atoms with Crippen LogP contribution in [0.4, 0.5) is 5.69 Å². The van der Waals surface area contributed by atoms with E-state index in [1.165, 1.54) is 30.5 Å². The summed E-state index contributed by atoms with van der Waals surface area (Å²) in [5.41, 5.74) is 0.318. The van der Waals surface area contributed by atoms with Crippen LogP contribution in [0.5, 0.6) is 0 Å². The van der Waals surface area contributed by atoms with Crippen LogP contribution in [0.25, 0.3) is 0 Å². The van der Waals surface area contributed by atoms with Gasteiger partial charge in [0.25, 0.3) is 5.78 Å². The quantitative estimate of drug-likeness (QED) is 0.139. The second-order valence-corrected chi connectivity index (χ2v) is 7.12. The topological polar surface area (TPSA) is 99.1 Å². The molecule has 0 radical (unpaired) electrons. The van der Waals surface area contributed by atoms with Crippen molar-refractivity contribution in [3.8, 4) is 0 Å². The van der Waals surface area contributed by atoms with Crippen molar-refractivity contribution in [2.24, 2.45) is 16.3 Å². The SMILES string of the molecule is CCOCOC(=O)C(=O)c1ccc(N=CC2C(=O)CC(C)(C)CC2=O)cc1. The van der Waals surface area contributed by atoms with Crippen molar-refractivity contribution in [2.45, 2.75) is 33.6 Å². The molecule has 7 heteroatoms. The number of ether oxygens (including phenoxy) is 2. The van der Waals surface area contributed by atoms with Crippen LogP contribution in [0.2, 0.25) is 0 Å². The van der Waals surface area contributed by atoms with Crippen LogP contribution in [-0.2, 0) is 23.9 Å². The zero-order valence-corrected chi connectivity index (χ0v) is 15.7. The summed E-state index contributed by atoms with van der Waals surface area (Å²) in [5, 5.41) is 0. The Balaban J connectivity index is 2.00. The Hall–Kier alpha value is -2.67. The van der Waals surface area contributed by atoms with Gasteiger partial charge < -0.3 is 9.47 Å². The first-order valence-corrected chi connectivity index (χ1v) is 8.72. The number of hydrogen-bond acceptors (Lipinski definition) is 7. The predicted molar refractivity (Wildman–Crippen MR) is 98.0 cm³/mol. The molecular formula is C20H23NO6. The summed E-state index contributed by atoms with van der Waals surface area (Å²) in [7, 11) is 0. The molecule has 0 heterocycles. The number of Topliss-reactive ketones (excluding diaryl/α,β-unsaturated/α-hetero) is 3. The number of ketones is 3. The highest BCUT2D eigenvalue weighted by atomic mass is 16.7. The molecule has 144 valence electrons. The molecule has 0 bridgehead atoms. The number of nitrogens with zero attached hydrogens (tertiary/aromatic N) is 1. The lowest BCUT2D eigenvalue weighted by Gasteiger charge is -2.30. The van der Waals surface area contributed by atoms with E-state index in [-0.39, 0.29) is 29.3 Å². The largest absolute Gasteiger partial charge is 0.432 e. The van der Waals surface area contributed by atoms with Crippen LogP contribution in [-0.4, -0.2) is 42.9 Å². The average molecular weight is 373 g/mol. The minimum absolute atomic E-state index is 0.135. The second-order valence-electron chi connectivity index (χ2n) is 7.12. The molecule has 1 fully saturated rings. The Morgan fingerprint density at radius 3 is 2.30 bits per heavy atom. The number of hydrogen-bond donors (Lipinski definition) is 0. The van der Waals surface area contributed by atoms with Crippen molar-refractivity contribution >= 4 is 35.2 Å². The molecule has 0 N–H and O–H groups in total. The number of benzene rings is 1. The van der Waals surface area contributed by atoms with Crippen LogP contribution < -0.4 is 0 Å². The van der Waals surface area contributed by atoms with Gasteiger partial charge in [0.05, 0.1) is 5.69 Å². The maximum atomic E-state index is 12.1. The smallest absolute Gasteiger partial charge is 0.381 e.